The first-order valence-corrected chi connectivity index (χ1v) is 9.37. The molecule has 0 aromatic rings. The van der Waals surface area contributed by atoms with E-state index in [1.165, 1.54) is 51.4 Å². The average Bonchev–Trinajstić information content (AvgIpc) is 2.48. The number of unbranched alkanes of at least 4 members (excludes halogenated alkanes) is 9. The molecule has 0 rings (SSSR count). The summed E-state index contributed by atoms with van der Waals surface area (Å²) in [4.78, 5) is 22.1. The number of carboxylic acids is 2. The predicted molar refractivity (Wildman–Crippen MR) is 93.6 cm³/mol. The Balaban J connectivity index is 3.71. The molecule has 0 spiro atoms. The van der Waals surface area contributed by atoms with Crippen molar-refractivity contribution in [3.8, 4) is 0 Å². The third kappa shape index (κ3) is 10.4. The maximum absolute atomic E-state index is 11.0. The smallest absolute Gasteiger partial charge is 0.318 e. The van der Waals surface area contributed by atoms with Gasteiger partial charge in [-0.3, -0.25) is 9.59 Å². The van der Waals surface area contributed by atoms with Gasteiger partial charge < -0.3 is 10.2 Å². The number of rotatable bonds is 15. The van der Waals surface area contributed by atoms with Crippen molar-refractivity contribution < 1.29 is 19.8 Å². The largest absolute Gasteiger partial charge is 0.481 e. The van der Waals surface area contributed by atoms with E-state index in [0.29, 0.717) is 0 Å². The maximum Gasteiger partial charge on any atom is 0.318 e. The van der Waals surface area contributed by atoms with Crippen molar-refractivity contribution >= 4 is 11.9 Å². The molecule has 0 aliphatic carbocycles. The van der Waals surface area contributed by atoms with Gasteiger partial charge in [0.25, 0.3) is 0 Å². The van der Waals surface area contributed by atoms with Crippen molar-refractivity contribution in [2.75, 3.05) is 0 Å². The van der Waals surface area contributed by atoms with E-state index in [4.69, 9.17) is 10.2 Å². The number of carbonyl (C=O) groups is 2. The second-order valence-electron chi connectivity index (χ2n) is 6.96. The molecule has 0 amide bonds. The molecule has 0 aromatic carbocycles. The van der Waals surface area contributed by atoms with Gasteiger partial charge in [0.05, 0.1) is 0 Å². The number of aliphatic carboxylic acids is 2. The van der Waals surface area contributed by atoms with Crippen molar-refractivity contribution in [2.45, 2.75) is 91.4 Å². The van der Waals surface area contributed by atoms with Crippen LogP contribution in [-0.2, 0) is 9.59 Å². The molecule has 2 unspecified atom stereocenters. The Labute approximate surface area is 141 Å². The second kappa shape index (κ2) is 13.4. The van der Waals surface area contributed by atoms with Gasteiger partial charge in [-0.15, -0.1) is 0 Å². The fourth-order valence-electron chi connectivity index (χ4n) is 3.10. The molecule has 4 nitrogen and oxygen atoms in total. The lowest BCUT2D eigenvalue weighted by atomic mass is 9.81. The molecule has 4 heteroatoms. The summed E-state index contributed by atoms with van der Waals surface area (Å²) in [7, 11) is 0. The molecule has 136 valence electrons. The molecule has 2 N–H and O–H groups in total. The van der Waals surface area contributed by atoms with Crippen LogP contribution in [0.15, 0.2) is 0 Å². The van der Waals surface area contributed by atoms with Gasteiger partial charge in [-0.2, -0.15) is 0 Å². The molecule has 0 aliphatic heterocycles. The van der Waals surface area contributed by atoms with Gasteiger partial charge in [-0.05, 0) is 11.8 Å². The summed E-state index contributed by atoms with van der Waals surface area (Å²) in [5, 5.41) is 18.1. The van der Waals surface area contributed by atoms with E-state index in [1.54, 1.807) is 6.92 Å². The van der Waals surface area contributed by atoms with Crippen molar-refractivity contribution in [2.24, 2.45) is 17.8 Å². The van der Waals surface area contributed by atoms with Gasteiger partial charge in [0.2, 0.25) is 0 Å². The Morgan fingerprint density at radius 2 is 1.13 bits per heavy atom. The topological polar surface area (TPSA) is 74.6 Å². The van der Waals surface area contributed by atoms with Crippen LogP contribution in [-0.4, -0.2) is 22.2 Å². The van der Waals surface area contributed by atoms with E-state index in [9.17, 15) is 9.59 Å². The van der Waals surface area contributed by atoms with Crippen molar-refractivity contribution in [1.82, 2.24) is 0 Å². The van der Waals surface area contributed by atoms with Crippen LogP contribution in [0.25, 0.3) is 0 Å². The molecule has 0 heterocycles. The van der Waals surface area contributed by atoms with Crippen LogP contribution in [0.4, 0.5) is 0 Å². The summed E-state index contributed by atoms with van der Waals surface area (Å²) >= 11 is 0. The summed E-state index contributed by atoms with van der Waals surface area (Å²) < 4.78 is 0. The highest BCUT2D eigenvalue weighted by atomic mass is 16.4. The fourth-order valence-corrected chi connectivity index (χ4v) is 3.10. The molecule has 0 bridgehead atoms. The Morgan fingerprint density at radius 3 is 1.52 bits per heavy atom. The lowest BCUT2D eigenvalue weighted by molar-refractivity contribution is -0.157. The quantitative estimate of drug-likeness (QED) is 0.314. The Bertz CT molecular complexity index is 313. The van der Waals surface area contributed by atoms with E-state index in [2.05, 4.69) is 6.92 Å². The molecule has 0 aromatic heterocycles. The van der Waals surface area contributed by atoms with Crippen LogP contribution in [0.1, 0.15) is 91.4 Å². The summed E-state index contributed by atoms with van der Waals surface area (Å²) in [6.45, 7) is 5.95. The second-order valence-corrected chi connectivity index (χ2v) is 6.96. The summed E-state index contributed by atoms with van der Waals surface area (Å²) in [5.41, 5.74) is 0. The normalized spacial score (nSPS) is 13.9. The van der Waals surface area contributed by atoms with Crippen LogP contribution in [0.3, 0.4) is 0 Å². The highest BCUT2D eigenvalue weighted by Crippen LogP contribution is 2.26. The molecular formula is C19H36O4. The first kappa shape index (κ1) is 21.9. The van der Waals surface area contributed by atoms with Gasteiger partial charge in [0, 0.05) is 0 Å². The third-order valence-electron chi connectivity index (χ3n) is 4.97. The molecule has 0 fully saturated rings. The number of hydrogen-bond acceptors (Lipinski definition) is 2. The van der Waals surface area contributed by atoms with E-state index in [-0.39, 0.29) is 11.8 Å². The van der Waals surface area contributed by atoms with Gasteiger partial charge in [0.1, 0.15) is 0 Å². The Hall–Kier alpha value is -1.06. The minimum atomic E-state index is -1.28. The van der Waals surface area contributed by atoms with Crippen LogP contribution < -0.4 is 0 Å². The van der Waals surface area contributed by atoms with Crippen molar-refractivity contribution in [3.05, 3.63) is 0 Å². The first-order valence-electron chi connectivity index (χ1n) is 9.37. The molecule has 0 radical (unpaired) electrons. The Morgan fingerprint density at radius 1 is 0.739 bits per heavy atom. The van der Waals surface area contributed by atoms with Gasteiger partial charge >= 0.3 is 11.9 Å². The number of hydrogen-bond donors (Lipinski definition) is 2. The monoisotopic (exact) mass is 328 g/mol. The zero-order valence-corrected chi connectivity index (χ0v) is 15.2. The van der Waals surface area contributed by atoms with Gasteiger partial charge in [-0.1, -0.05) is 91.4 Å². The average molecular weight is 328 g/mol. The molecular weight excluding hydrogens is 292 g/mol. The zero-order valence-electron chi connectivity index (χ0n) is 15.2. The fraction of sp³-hybridized carbons (Fsp3) is 0.895. The van der Waals surface area contributed by atoms with E-state index < -0.39 is 17.9 Å². The zero-order chi connectivity index (χ0) is 17.7. The molecule has 2 atom stereocenters. The Kier molecular flexibility index (Phi) is 12.8. The van der Waals surface area contributed by atoms with Gasteiger partial charge in [-0.25, -0.2) is 0 Å². The predicted octanol–water partition coefficient (Wildman–Crippen LogP) is 5.36. The summed E-state index contributed by atoms with van der Waals surface area (Å²) in [6, 6.07) is 0. The summed E-state index contributed by atoms with van der Waals surface area (Å²) in [5.74, 6) is -3.93. The minimum Gasteiger partial charge on any atom is -0.481 e. The van der Waals surface area contributed by atoms with Crippen molar-refractivity contribution in [3.63, 3.8) is 0 Å². The maximum atomic E-state index is 11.0. The van der Waals surface area contributed by atoms with E-state index in [0.717, 1.165) is 19.3 Å². The number of carboxylic acid groups (broad SMARTS) is 2. The summed E-state index contributed by atoms with van der Waals surface area (Å²) in [6.07, 6.45) is 13.7. The minimum absolute atomic E-state index is 0.126. The highest BCUT2D eigenvalue weighted by molar-refractivity contribution is 5.93. The van der Waals surface area contributed by atoms with Crippen molar-refractivity contribution in [1.29, 1.82) is 0 Å². The molecule has 23 heavy (non-hydrogen) atoms. The van der Waals surface area contributed by atoms with Crippen LogP contribution in [0.5, 0.6) is 0 Å². The standard InChI is InChI=1S/C19H36O4/c1-4-5-6-7-8-9-10-11-12-13-14-15(2)16(3)17(18(20)21)19(22)23/h15-17H,4-14H2,1-3H3,(H,20,21)(H,22,23). The third-order valence-corrected chi connectivity index (χ3v) is 4.97. The van der Waals surface area contributed by atoms with E-state index >= 15 is 0 Å². The van der Waals surface area contributed by atoms with Crippen LogP contribution in [0.2, 0.25) is 0 Å². The molecule has 0 saturated heterocycles. The first-order chi connectivity index (χ1) is 10.9. The van der Waals surface area contributed by atoms with Crippen LogP contribution >= 0.6 is 0 Å². The molecule has 0 saturated carbocycles. The van der Waals surface area contributed by atoms with Crippen LogP contribution in [0, 0.1) is 17.8 Å². The van der Waals surface area contributed by atoms with E-state index in [1.807, 2.05) is 6.92 Å². The lowest BCUT2D eigenvalue weighted by Gasteiger charge is -2.23. The SMILES string of the molecule is CCCCCCCCCCCCC(C)C(C)C(C(=O)O)C(=O)O. The molecule has 0 aliphatic rings. The lowest BCUT2D eigenvalue weighted by Crippen LogP contribution is -2.33. The highest BCUT2D eigenvalue weighted by Gasteiger charge is 2.34. The van der Waals surface area contributed by atoms with Gasteiger partial charge in [0.15, 0.2) is 5.92 Å².